The van der Waals surface area contributed by atoms with Crippen LogP contribution in [0.25, 0.3) is 21.8 Å². The molecule has 0 aliphatic carbocycles. The Kier molecular flexibility index (Phi) is 2.76. The molecule has 3 N–H and O–H groups in total. The summed E-state index contributed by atoms with van der Waals surface area (Å²) in [6.07, 6.45) is 1.91. The van der Waals surface area contributed by atoms with E-state index in [0.717, 1.165) is 38.8 Å². The van der Waals surface area contributed by atoms with Gasteiger partial charge in [-0.3, -0.25) is 5.41 Å². The van der Waals surface area contributed by atoms with Gasteiger partial charge in [0.05, 0.1) is 18.5 Å². The second-order valence-electron chi connectivity index (χ2n) is 5.29. The van der Waals surface area contributed by atoms with Gasteiger partial charge in [-0.05, 0) is 42.5 Å². The van der Waals surface area contributed by atoms with Gasteiger partial charge in [0.2, 0.25) is 0 Å². The highest BCUT2D eigenvalue weighted by atomic mass is 16.5. The number of aromatic nitrogens is 2. The van der Waals surface area contributed by atoms with E-state index in [-0.39, 0.29) is 0 Å². The molecule has 2 aromatic carbocycles. The zero-order chi connectivity index (χ0) is 15.1. The number of H-pyrrole nitrogens is 2. The standard InChI is InChI=1S/C18H15N3O/c1-22-14-3-5-16-13(9-14)10-17(21-16)18(19)12-2-4-15-11(8-12)6-7-20-15/h2-10,19-21H,1H3. The average Bonchev–Trinajstić information content (AvgIpc) is 3.18. The van der Waals surface area contributed by atoms with E-state index in [2.05, 4.69) is 9.97 Å². The summed E-state index contributed by atoms with van der Waals surface area (Å²) in [7, 11) is 1.66. The van der Waals surface area contributed by atoms with Crippen molar-refractivity contribution in [2.45, 2.75) is 0 Å². The van der Waals surface area contributed by atoms with E-state index in [1.54, 1.807) is 7.11 Å². The molecule has 0 saturated carbocycles. The van der Waals surface area contributed by atoms with Crippen molar-refractivity contribution < 1.29 is 4.74 Å². The first kappa shape index (κ1) is 12.7. The second-order valence-corrected chi connectivity index (χ2v) is 5.29. The van der Waals surface area contributed by atoms with Crippen molar-refractivity contribution in [2.24, 2.45) is 0 Å². The van der Waals surface area contributed by atoms with Crippen LogP contribution in [-0.2, 0) is 0 Å². The number of methoxy groups -OCH3 is 1. The van der Waals surface area contributed by atoms with Crippen molar-refractivity contribution in [1.29, 1.82) is 5.41 Å². The van der Waals surface area contributed by atoms with Gasteiger partial charge in [-0.15, -0.1) is 0 Å². The van der Waals surface area contributed by atoms with Gasteiger partial charge >= 0.3 is 0 Å². The lowest BCUT2D eigenvalue weighted by Gasteiger charge is -2.02. The van der Waals surface area contributed by atoms with E-state index in [0.29, 0.717) is 5.71 Å². The van der Waals surface area contributed by atoms with Gasteiger partial charge in [0.1, 0.15) is 5.75 Å². The maximum atomic E-state index is 8.46. The Morgan fingerprint density at radius 3 is 2.68 bits per heavy atom. The number of nitrogens with one attached hydrogen (secondary N) is 3. The van der Waals surface area contributed by atoms with E-state index in [4.69, 9.17) is 10.1 Å². The third-order valence-corrected chi connectivity index (χ3v) is 3.94. The predicted molar refractivity (Wildman–Crippen MR) is 89.1 cm³/mol. The number of benzene rings is 2. The number of hydrogen-bond acceptors (Lipinski definition) is 2. The summed E-state index contributed by atoms with van der Waals surface area (Å²) >= 11 is 0. The molecule has 0 amide bonds. The van der Waals surface area contributed by atoms with Gasteiger partial charge in [-0.1, -0.05) is 6.07 Å². The molecule has 4 heteroatoms. The van der Waals surface area contributed by atoms with E-state index >= 15 is 0 Å². The molecule has 0 bridgehead atoms. The second kappa shape index (κ2) is 4.77. The normalized spacial score (nSPS) is 11.1. The quantitative estimate of drug-likeness (QED) is 0.489. The van der Waals surface area contributed by atoms with Crippen molar-refractivity contribution in [3.63, 3.8) is 0 Å². The lowest BCUT2D eigenvalue weighted by atomic mass is 10.1. The SMILES string of the molecule is COc1ccc2[nH]c(C(=N)c3ccc4[nH]ccc4c3)cc2c1. The third kappa shape index (κ3) is 1.97. The molecule has 108 valence electrons. The lowest BCUT2D eigenvalue weighted by Crippen LogP contribution is -2.01. The van der Waals surface area contributed by atoms with E-state index in [1.165, 1.54) is 0 Å². The molecule has 4 rings (SSSR count). The molecular formula is C18H15N3O. The molecule has 0 aliphatic heterocycles. The summed E-state index contributed by atoms with van der Waals surface area (Å²) in [6.45, 7) is 0. The topological polar surface area (TPSA) is 64.7 Å². The highest BCUT2D eigenvalue weighted by Gasteiger charge is 2.10. The molecule has 0 fully saturated rings. The van der Waals surface area contributed by atoms with Crippen LogP contribution in [0.15, 0.2) is 54.7 Å². The molecular weight excluding hydrogens is 274 g/mol. The summed E-state index contributed by atoms with van der Waals surface area (Å²) in [5, 5.41) is 10.6. The molecule has 0 spiro atoms. The van der Waals surface area contributed by atoms with Crippen LogP contribution in [0.1, 0.15) is 11.3 Å². The van der Waals surface area contributed by atoms with Crippen molar-refractivity contribution in [3.8, 4) is 5.75 Å². The van der Waals surface area contributed by atoms with Crippen molar-refractivity contribution >= 4 is 27.5 Å². The molecule has 0 saturated heterocycles. The van der Waals surface area contributed by atoms with Crippen molar-refractivity contribution in [1.82, 2.24) is 9.97 Å². The van der Waals surface area contributed by atoms with E-state index in [1.807, 2.05) is 54.7 Å². The summed E-state index contributed by atoms with van der Waals surface area (Å²) in [6, 6.07) is 15.9. The molecule has 0 radical (unpaired) electrons. The van der Waals surface area contributed by atoms with Crippen LogP contribution >= 0.6 is 0 Å². The van der Waals surface area contributed by atoms with Crippen LogP contribution in [0, 0.1) is 5.41 Å². The summed E-state index contributed by atoms with van der Waals surface area (Å²) < 4.78 is 5.24. The van der Waals surface area contributed by atoms with Crippen LogP contribution in [0.3, 0.4) is 0 Å². The number of aromatic amines is 2. The van der Waals surface area contributed by atoms with Gasteiger partial charge < -0.3 is 14.7 Å². The van der Waals surface area contributed by atoms with E-state index in [9.17, 15) is 0 Å². The smallest absolute Gasteiger partial charge is 0.119 e. The minimum absolute atomic E-state index is 0.485. The van der Waals surface area contributed by atoms with Crippen LogP contribution in [0.2, 0.25) is 0 Å². The Morgan fingerprint density at radius 1 is 0.955 bits per heavy atom. The first-order valence-corrected chi connectivity index (χ1v) is 7.08. The van der Waals surface area contributed by atoms with Crippen molar-refractivity contribution in [3.05, 3.63) is 66.0 Å². The van der Waals surface area contributed by atoms with Gasteiger partial charge in [-0.25, -0.2) is 0 Å². The monoisotopic (exact) mass is 289 g/mol. The molecule has 2 heterocycles. The molecule has 0 unspecified atom stereocenters. The van der Waals surface area contributed by atoms with Crippen LogP contribution in [0.4, 0.5) is 0 Å². The molecule has 4 aromatic rings. The highest BCUT2D eigenvalue weighted by molar-refractivity contribution is 6.13. The number of ether oxygens (including phenoxy) is 1. The maximum Gasteiger partial charge on any atom is 0.119 e. The Hall–Kier alpha value is -3.01. The zero-order valence-electron chi connectivity index (χ0n) is 12.1. The molecule has 2 aromatic heterocycles. The number of fused-ring (bicyclic) bond motifs is 2. The lowest BCUT2D eigenvalue weighted by molar-refractivity contribution is 0.415. The largest absolute Gasteiger partial charge is 0.497 e. The van der Waals surface area contributed by atoms with Gasteiger partial charge in [0.15, 0.2) is 0 Å². The fraction of sp³-hybridized carbons (Fsp3) is 0.0556. The fourth-order valence-electron chi connectivity index (χ4n) is 2.74. The van der Waals surface area contributed by atoms with E-state index < -0.39 is 0 Å². The van der Waals surface area contributed by atoms with Gasteiger partial charge in [-0.2, -0.15) is 0 Å². The Labute approximate surface area is 127 Å². The highest BCUT2D eigenvalue weighted by Crippen LogP contribution is 2.23. The van der Waals surface area contributed by atoms with Crippen molar-refractivity contribution in [2.75, 3.05) is 7.11 Å². The fourth-order valence-corrected chi connectivity index (χ4v) is 2.74. The first-order chi connectivity index (χ1) is 10.7. The third-order valence-electron chi connectivity index (χ3n) is 3.94. The van der Waals surface area contributed by atoms with Gasteiger partial charge in [0.25, 0.3) is 0 Å². The predicted octanol–water partition coefficient (Wildman–Crippen LogP) is 4.07. The Bertz CT molecular complexity index is 994. The molecule has 4 nitrogen and oxygen atoms in total. The molecule has 0 atom stereocenters. The molecule has 0 aliphatic rings. The molecule has 22 heavy (non-hydrogen) atoms. The zero-order valence-corrected chi connectivity index (χ0v) is 12.1. The summed E-state index contributed by atoms with van der Waals surface area (Å²) in [4.78, 5) is 6.47. The minimum Gasteiger partial charge on any atom is -0.497 e. The average molecular weight is 289 g/mol. The number of hydrogen-bond donors (Lipinski definition) is 3. The summed E-state index contributed by atoms with van der Waals surface area (Å²) in [5.74, 6) is 0.818. The summed E-state index contributed by atoms with van der Waals surface area (Å²) in [5.41, 5.74) is 4.27. The Balaban J connectivity index is 1.77. The Morgan fingerprint density at radius 2 is 1.82 bits per heavy atom. The number of rotatable bonds is 3. The first-order valence-electron chi connectivity index (χ1n) is 7.08. The van der Waals surface area contributed by atoms with Crippen LogP contribution < -0.4 is 4.74 Å². The van der Waals surface area contributed by atoms with Crippen LogP contribution in [0.5, 0.6) is 5.75 Å². The minimum atomic E-state index is 0.485. The van der Waals surface area contributed by atoms with Crippen LogP contribution in [-0.4, -0.2) is 22.8 Å². The van der Waals surface area contributed by atoms with Gasteiger partial charge in [0, 0.05) is 33.6 Å². The maximum absolute atomic E-state index is 8.46.